The van der Waals surface area contributed by atoms with Gasteiger partial charge in [0.1, 0.15) is 5.76 Å². The van der Waals surface area contributed by atoms with Gasteiger partial charge in [0.05, 0.1) is 5.39 Å². The van der Waals surface area contributed by atoms with E-state index in [1.807, 2.05) is 54.6 Å². The summed E-state index contributed by atoms with van der Waals surface area (Å²) in [5.41, 5.74) is 1.81. The van der Waals surface area contributed by atoms with Gasteiger partial charge in [0.15, 0.2) is 0 Å². The fraction of sp³-hybridized carbons (Fsp3) is 0.167. The SMILES string of the molecule is CCCc1c(-c2ccccc2)oc(=O)c2ccccc12. The summed E-state index contributed by atoms with van der Waals surface area (Å²) < 4.78 is 5.60. The van der Waals surface area contributed by atoms with Crippen molar-refractivity contribution in [3.63, 3.8) is 0 Å². The van der Waals surface area contributed by atoms with Crippen LogP contribution in [0.1, 0.15) is 18.9 Å². The van der Waals surface area contributed by atoms with E-state index in [9.17, 15) is 4.79 Å². The van der Waals surface area contributed by atoms with Gasteiger partial charge < -0.3 is 4.42 Å². The number of hydrogen-bond acceptors (Lipinski definition) is 2. The second-order valence-electron chi connectivity index (χ2n) is 4.86. The van der Waals surface area contributed by atoms with Crippen LogP contribution >= 0.6 is 0 Å². The van der Waals surface area contributed by atoms with Crippen LogP contribution in [0.3, 0.4) is 0 Å². The molecule has 0 aliphatic rings. The number of benzene rings is 2. The summed E-state index contributed by atoms with van der Waals surface area (Å²) in [7, 11) is 0. The Kier molecular flexibility index (Phi) is 3.38. The highest BCUT2D eigenvalue weighted by molar-refractivity contribution is 5.88. The highest BCUT2D eigenvalue weighted by Crippen LogP contribution is 2.29. The lowest BCUT2D eigenvalue weighted by atomic mass is 9.98. The molecule has 0 amide bonds. The Labute approximate surface area is 117 Å². The molecule has 0 aliphatic heterocycles. The standard InChI is InChI=1S/C18H16O2/c1-2-8-15-14-11-6-7-12-16(14)18(19)20-17(15)13-9-4-3-5-10-13/h3-7,9-12H,2,8H2,1H3. The van der Waals surface area contributed by atoms with Crippen molar-refractivity contribution in [2.45, 2.75) is 19.8 Å². The van der Waals surface area contributed by atoms with Gasteiger partial charge in [-0.05, 0) is 17.9 Å². The van der Waals surface area contributed by atoms with Crippen LogP contribution in [0, 0.1) is 0 Å². The second-order valence-corrected chi connectivity index (χ2v) is 4.86. The van der Waals surface area contributed by atoms with Crippen molar-refractivity contribution >= 4 is 10.8 Å². The van der Waals surface area contributed by atoms with E-state index < -0.39 is 0 Å². The number of rotatable bonds is 3. The van der Waals surface area contributed by atoms with Gasteiger partial charge in [0.2, 0.25) is 0 Å². The zero-order valence-corrected chi connectivity index (χ0v) is 11.4. The van der Waals surface area contributed by atoms with E-state index in [1.165, 1.54) is 0 Å². The fourth-order valence-electron chi connectivity index (χ4n) is 2.58. The van der Waals surface area contributed by atoms with Gasteiger partial charge in [-0.3, -0.25) is 0 Å². The van der Waals surface area contributed by atoms with Gasteiger partial charge in [-0.1, -0.05) is 61.9 Å². The Morgan fingerprint density at radius 2 is 1.55 bits per heavy atom. The topological polar surface area (TPSA) is 30.2 Å². The van der Waals surface area contributed by atoms with Crippen molar-refractivity contribution in [2.24, 2.45) is 0 Å². The van der Waals surface area contributed by atoms with E-state index in [0.29, 0.717) is 11.1 Å². The Morgan fingerprint density at radius 1 is 0.900 bits per heavy atom. The molecular weight excluding hydrogens is 248 g/mol. The first-order chi connectivity index (χ1) is 9.81. The lowest BCUT2D eigenvalue weighted by Gasteiger charge is -2.10. The van der Waals surface area contributed by atoms with Crippen molar-refractivity contribution < 1.29 is 4.42 Å². The predicted octanol–water partition coefficient (Wildman–Crippen LogP) is 4.41. The largest absolute Gasteiger partial charge is 0.422 e. The summed E-state index contributed by atoms with van der Waals surface area (Å²) >= 11 is 0. The molecule has 2 heteroatoms. The minimum Gasteiger partial charge on any atom is -0.422 e. The van der Waals surface area contributed by atoms with Crippen molar-refractivity contribution in [3.05, 3.63) is 70.6 Å². The summed E-state index contributed by atoms with van der Waals surface area (Å²) in [4.78, 5) is 12.2. The number of aryl methyl sites for hydroxylation is 1. The van der Waals surface area contributed by atoms with Crippen LogP contribution in [0.5, 0.6) is 0 Å². The number of hydrogen-bond donors (Lipinski definition) is 0. The summed E-state index contributed by atoms with van der Waals surface area (Å²) in [5.74, 6) is 0.705. The van der Waals surface area contributed by atoms with Crippen LogP contribution in [0.2, 0.25) is 0 Å². The molecule has 1 aromatic heterocycles. The third-order valence-corrected chi connectivity index (χ3v) is 3.48. The molecule has 0 saturated carbocycles. The van der Waals surface area contributed by atoms with E-state index in [4.69, 9.17) is 4.42 Å². The van der Waals surface area contributed by atoms with E-state index in [2.05, 4.69) is 6.92 Å². The molecule has 0 saturated heterocycles. The van der Waals surface area contributed by atoms with Crippen molar-refractivity contribution in [1.29, 1.82) is 0 Å². The molecule has 2 aromatic carbocycles. The van der Waals surface area contributed by atoms with Crippen LogP contribution in [-0.4, -0.2) is 0 Å². The molecule has 0 aliphatic carbocycles. The first kappa shape index (κ1) is 12.7. The minimum atomic E-state index is -0.265. The highest BCUT2D eigenvalue weighted by atomic mass is 16.4. The Bertz CT molecular complexity index is 785. The van der Waals surface area contributed by atoms with Gasteiger partial charge in [0, 0.05) is 11.1 Å². The average molecular weight is 264 g/mol. The maximum absolute atomic E-state index is 12.2. The lowest BCUT2D eigenvalue weighted by Crippen LogP contribution is -2.04. The molecular formula is C18H16O2. The van der Waals surface area contributed by atoms with Crippen LogP contribution < -0.4 is 5.63 Å². The van der Waals surface area contributed by atoms with Gasteiger partial charge in [-0.2, -0.15) is 0 Å². The molecule has 100 valence electrons. The molecule has 20 heavy (non-hydrogen) atoms. The van der Waals surface area contributed by atoms with Crippen molar-refractivity contribution in [1.82, 2.24) is 0 Å². The lowest BCUT2D eigenvalue weighted by molar-refractivity contribution is 0.528. The molecule has 0 fully saturated rings. The van der Waals surface area contributed by atoms with Crippen LogP contribution in [-0.2, 0) is 6.42 Å². The van der Waals surface area contributed by atoms with Gasteiger partial charge >= 0.3 is 5.63 Å². The Hall–Kier alpha value is -2.35. The zero-order chi connectivity index (χ0) is 13.9. The summed E-state index contributed by atoms with van der Waals surface area (Å²) in [6, 6.07) is 17.5. The molecule has 0 bridgehead atoms. The van der Waals surface area contributed by atoms with Crippen LogP contribution in [0.15, 0.2) is 63.8 Å². The van der Waals surface area contributed by atoms with Crippen molar-refractivity contribution in [3.8, 4) is 11.3 Å². The van der Waals surface area contributed by atoms with Crippen molar-refractivity contribution in [2.75, 3.05) is 0 Å². The maximum Gasteiger partial charge on any atom is 0.344 e. The summed E-state index contributed by atoms with van der Waals surface area (Å²) in [6.45, 7) is 2.13. The molecule has 0 unspecified atom stereocenters. The summed E-state index contributed by atoms with van der Waals surface area (Å²) in [6.07, 6.45) is 1.91. The molecule has 0 N–H and O–H groups in total. The normalized spacial score (nSPS) is 10.8. The monoisotopic (exact) mass is 264 g/mol. The molecule has 0 atom stereocenters. The van der Waals surface area contributed by atoms with Gasteiger partial charge in [-0.25, -0.2) is 4.79 Å². The molecule has 2 nitrogen and oxygen atoms in total. The predicted molar refractivity (Wildman–Crippen MR) is 81.9 cm³/mol. The molecule has 3 aromatic rings. The molecule has 0 radical (unpaired) electrons. The Morgan fingerprint density at radius 3 is 2.25 bits per heavy atom. The summed E-state index contributed by atoms with van der Waals surface area (Å²) in [5, 5.41) is 1.67. The van der Waals surface area contributed by atoms with Crippen LogP contribution in [0.4, 0.5) is 0 Å². The van der Waals surface area contributed by atoms with E-state index in [-0.39, 0.29) is 5.63 Å². The molecule has 3 rings (SSSR count). The quantitative estimate of drug-likeness (QED) is 0.701. The van der Waals surface area contributed by atoms with Crippen LogP contribution in [0.25, 0.3) is 22.1 Å². The minimum absolute atomic E-state index is 0.265. The zero-order valence-electron chi connectivity index (χ0n) is 11.4. The van der Waals surface area contributed by atoms with E-state index in [0.717, 1.165) is 29.4 Å². The van der Waals surface area contributed by atoms with E-state index >= 15 is 0 Å². The molecule has 1 heterocycles. The fourth-order valence-corrected chi connectivity index (χ4v) is 2.58. The highest BCUT2D eigenvalue weighted by Gasteiger charge is 2.14. The smallest absolute Gasteiger partial charge is 0.344 e. The first-order valence-electron chi connectivity index (χ1n) is 6.91. The Balaban J connectivity index is 2.37. The van der Waals surface area contributed by atoms with E-state index in [1.54, 1.807) is 0 Å². The van der Waals surface area contributed by atoms with Gasteiger partial charge in [0.25, 0.3) is 0 Å². The maximum atomic E-state index is 12.2. The third kappa shape index (κ3) is 2.14. The van der Waals surface area contributed by atoms with Gasteiger partial charge in [-0.15, -0.1) is 0 Å². The first-order valence-corrected chi connectivity index (χ1v) is 6.91. The second kappa shape index (κ2) is 5.33. The third-order valence-electron chi connectivity index (χ3n) is 3.48. The molecule has 0 spiro atoms. The average Bonchev–Trinajstić information content (AvgIpc) is 2.51. The number of fused-ring (bicyclic) bond motifs is 1.